The predicted octanol–water partition coefficient (Wildman–Crippen LogP) is 4.43. The van der Waals surface area contributed by atoms with Crippen molar-refractivity contribution in [3.63, 3.8) is 0 Å². The van der Waals surface area contributed by atoms with Gasteiger partial charge in [-0.2, -0.15) is 0 Å². The first-order valence-electron chi connectivity index (χ1n) is 9.69. The number of amides is 2. The third-order valence-corrected chi connectivity index (χ3v) is 4.01. The van der Waals surface area contributed by atoms with Gasteiger partial charge in [0.15, 0.2) is 0 Å². The summed E-state index contributed by atoms with van der Waals surface area (Å²) >= 11 is 0. The van der Waals surface area contributed by atoms with Crippen LogP contribution in [0.1, 0.15) is 39.7 Å². The standard InChI is InChI=1S/C22H29N3O5/c1-7-18(25-21(27)30-22(3,4)5)20(26)24-15-10-17(13-23-12-15)29-16-9-8-14(2)19(11-16)28-6/h8-13,18H,7H2,1-6H3,(H,24,26)(H,25,27)/t18-/m1/s1. The van der Waals surface area contributed by atoms with Crippen LogP contribution >= 0.6 is 0 Å². The van der Waals surface area contributed by atoms with Crippen LogP contribution in [0, 0.1) is 6.92 Å². The Morgan fingerprint density at radius 2 is 1.87 bits per heavy atom. The molecule has 0 saturated carbocycles. The van der Waals surface area contributed by atoms with Crippen LogP contribution in [-0.4, -0.2) is 35.7 Å². The molecule has 1 heterocycles. The van der Waals surface area contributed by atoms with E-state index in [4.69, 9.17) is 14.2 Å². The van der Waals surface area contributed by atoms with E-state index in [9.17, 15) is 9.59 Å². The summed E-state index contributed by atoms with van der Waals surface area (Å²) in [6, 6.07) is 6.39. The number of ether oxygens (including phenoxy) is 3. The second-order valence-corrected chi connectivity index (χ2v) is 7.74. The average Bonchev–Trinajstić information content (AvgIpc) is 2.66. The van der Waals surface area contributed by atoms with Crippen molar-refractivity contribution in [3.8, 4) is 17.2 Å². The Kier molecular flexibility index (Phi) is 7.63. The molecule has 0 aliphatic heterocycles. The summed E-state index contributed by atoms with van der Waals surface area (Å²) in [5.74, 6) is 1.37. The van der Waals surface area contributed by atoms with Crippen LogP contribution in [0.15, 0.2) is 36.7 Å². The number of hydrogen-bond donors (Lipinski definition) is 2. The maximum Gasteiger partial charge on any atom is 0.408 e. The first-order valence-corrected chi connectivity index (χ1v) is 9.69. The van der Waals surface area contributed by atoms with Gasteiger partial charge in [0.1, 0.15) is 28.9 Å². The summed E-state index contributed by atoms with van der Waals surface area (Å²) in [4.78, 5) is 28.6. The molecule has 0 aliphatic rings. The lowest BCUT2D eigenvalue weighted by molar-refractivity contribution is -0.118. The van der Waals surface area contributed by atoms with Crippen molar-refractivity contribution >= 4 is 17.7 Å². The number of hydrogen-bond acceptors (Lipinski definition) is 6. The lowest BCUT2D eigenvalue weighted by atomic mass is 10.2. The first-order chi connectivity index (χ1) is 14.1. The average molecular weight is 415 g/mol. The number of benzene rings is 1. The molecule has 0 aliphatic carbocycles. The van der Waals surface area contributed by atoms with Crippen molar-refractivity contribution in [3.05, 3.63) is 42.2 Å². The molecule has 2 aromatic rings. The Bertz CT molecular complexity index is 893. The van der Waals surface area contributed by atoms with Gasteiger partial charge in [-0.15, -0.1) is 0 Å². The van der Waals surface area contributed by atoms with Crippen LogP contribution in [0.5, 0.6) is 17.2 Å². The molecule has 8 nitrogen and oxygen atoms in total. The number of aromatic nitrogens is 1. The molecule has 0 spiro atoms. The molecule has 1 atom stereocenters. The Labute approximate surface area is 176 Å². The third-order valence-electron chi connectivity index (χ3n) is 4.01. The molecule has 162 valence electrons. The molecule has 2 N–H and O–H groups in total. The van der Waals surface area contributed by atoms with Crippen molar-refractivity contribution < 1.29 is 23.8 Å². The molecule has 0 fully saturated rings. The Morgan fingerprint density at radius 3 is 2.50 bits per heavy atom. The number of methoxy groups -OCH3 is 1. The number of aryl methyl sites for hydroxylation is 1. The van der Waals surface area contributed by atoms with Crippen molar-refractivity contribution in [1.29, 1.82) is 0 Å². The number of anilines is 1. The number of nitrogens with one attached hydrogen (secondary N) is 2. The van der Waals surface area contributed by atoms with Gasteiger partial charge in [0.25, 0.3) is 0 Å². The molecule has 30 heavy (non-hydrogen) atoms. The molecular formula is C22H29N3O5. The molecule has 0 unspecified atom stereocenters. The van der Waals surface area contributed by atoms with Crippen molar-refractivity contribution in [2.24, 2.45) is 0 Å². The number of carbonyl (C=O) groups excluding carboxylic acids is 2. The fraction of sp³-hybridized carbons (Fsp3) is 0.409. The van der Waals surface area contributed by atoms with Crippen LogP contribution in [0.2, 0.25) is 0 Å². The minimum Gasteiger partial charge on any atom is -0.496 e. The van der Waals surface area contributed by atoms with Crippen LogP contribution in [-0.2, 0) is 9.53 Å². The summed E-state index contributed by atoms with van der Waals surface area (Å²) in [6.45, 7) is 9.01. The summed E-state index contributed by atoms with van der Waals surface area (Å²) < 4.78 is 16.3. The van der Waals surface area contributed by atoms with Gasteiger partial charge in [0.2, 0.25) is 5.91 Å². The topological polar surface area (TPSA) is 98.8 Å². The summed E-state index contributed by atoms with van der Waals surface area (Å²) in [7, 11) is 1.60. The van der Waals surface area contributed by atoms with E-state index in [2.05, 4.69) is 15.6 Å². The van der Waals surface area contributed by atoms with Gasteiger partial charge in [-0.1, -0.05) is 13.0 Å². The van der Waals surface area contributed by atoms with Crippen LogP contribution in [0.25, 0.3) is 0 Å². The normalized spacial score (nSPS) is 11.9. The quantitative estimate of drug-likeness (QED) is 0.694. The maximum absolute atomic E-state index is 12.6. The lowest BCUT2D eigenvalue weighted by Crippen LogP contribution is -2.45. The number of rotatable bonds is 7. The van der Waals surface area contributed by atoms with Crippen LogP contribution in [0.3, 0.4) is 0 Å². The van der Waals surface area contributed by atoms with Crippen LogP contribution in [0.4, 0.5) is 10.5 Å². The summed E-state index contributed by atoms with van der Waals surface area (Å²) in [6.07, 6.45) is 2.80. The van der Waals surface area contributed by atoms with Gasteiger partial charge in [-0.3, -0.25) is 9.78 Å². The van der Waals surface area contributed by atoms with Crippen molar-refractivity contribution in [2.45, 2.75) is 52.7 Å². The number of pyridine rings is 1. The molecule has 1 aromatic heterocycles. The highest BCUT2D eigenvalue weighted by Gasteiger charge is 2.23. The van der Waals surface area contributed by atoms with Gasteiger partial charge < -0.3 is 24.8 Å². The Hall–Kier alpha value is -3.29. The van der Waals surface area contributed by atoms with Crippen LogP contribution < -0.4 is 20.1 Å². The molecular weight excluding hydrogens is 386 g/mol. The van der Waals surface area contributed by atoms with Gasteiger partial charge >= 0.3 is 6.09 Å². The molecule has 2 rings (SSSR count). The Balaban J connectivity index is 2.04. The zero-order chi connectivity index (χ0) is 22.3. The Morgan fingerprint density at radius 1 is 1.13 bits per heavy atom. The highest BCUT2D eigenvalue weighted by atomic mass is 16.6. The van der Waals surface area contributed by atoms with E-state index in [1.807, 2.05) is 19.1 Å². The molecule has 2 amide bonds. The van der Waals surface area contributed by atoms with Crippen molar-refractivity contribution in [1.82, 2.24) is 10.3 Å². The van der Waals surface area contributed by atoms with E-state index >= 15 is 0 Å². The fourth-order valence-electron chi connectivity index (χ4n) is 2.58. The SMILES string of the molecule is CC[C@@H](NC(=O)OC(C)(C)C)C(=O)Nc1cncc(Oc2ccc(C)c(OC)c2)c1. The summed E-state index contributed by atoms with van der Waals surface area (Å²) in [5, 5.41) is 5.32. The zero-order valence-electron chi connectivity index (χ0n) is 18.2. The van der Waals surface area contributed by atoms with Crippen molar-refractivity contribution in [2.75, 3.05) is 12.4 Å². The summed E-state index contributed by atoms with van der Waals surface area (Å²) in [5.41, 5.74) is 0.792. The minimum atomic E-state index is -0.745. The molecule has 0 radical (unpaired) electrons. The van der Waals surface area contributed by atoms with E-state index < -0.39 is 17.7 Å². The first kappa shape index (κ1) is 23.0. The largest absolute Gasteiger partial charge is 0.496 e. The van der Waals surface area contributed by atoms with Gasteiger partial charge in [-0.05, 0) is 45.7 Å². The second-order valence-electron chi connectivity index (χ2n) is 7.74. The maximum atomic E-state index is 12.6. The monoisotopic (exact) mass is 415 g/mol. The minimum absolute atomic E-state index is 0.376. The molecule has 0 bridgehead atoms. The van der Waals surface area contributed by atoms with E-state index in [0.717, 1.165) is 5.56 Å². The molecule has 1 aromatic carbocycles. The van der Waals surface area contributed by atoms with Gasteiger partial charge in [0, 0.05) is 12.1 Å². The zero-order valence-corrected chi connectivity index (χ0v) is 18.2. The molecule has 8 heteroatoms. The van der Waals surface area contributed by atoms with E-state index in [-0.39, 0.29) is 5.91 Å². The lowest BCUT2D eigenvalue weighted by Gasteiger charge is -2.22. The number of carbonyl (C=O) groups is 2. The van der Waals surface area contributed by atoms with E-state index in [1.54, 1.807) is 46.9 Å². The van der Waals surface area contributed by atoms with Gasteiger partial charge in [0.05, 0.1) is 25.2 Å². The third kappa shape index (κ3) is 6.95. The highest BCUT2D eigenvalue weighted by Crippen LogP contribution is 2.28. The molecule has 0 saturated heterocycles. The van der Waals surface area contributed by atoms with E-state index in [0.29, 0.717) is 29.4 Å². The number of nitrogens with zero attached hydrogens (tertiary/aromatic N) is 1. The van der Waals surface area contributed by atoms with E-state index in [1.165, 1.54) is 12.4 Å². The van der Waals surface area contributed by atoms with Gasteiger partial charge in [-0.25, -0.2) is 4.79 Å². The second kappa shape index (κ2) is 9.96. The predicted molar refractivity (Wildman–Crippen MR) is 114 cm³/mol. The smallest absolute Gasteiger partial charge is 0.408 e. The highest BCUT2D eigenvalue weighted by molar-refractivity contribution is 5.96. The number of alkyl carbamates (subject to hydrolysis) is 1. The fourth-order valence-corrected chi connectivity index (χ4v) is 2.58.